The van der Waals surface area contributed by atoms with E-state index < -0.39 is 11.7 Å². The largest absolute Gasteiger partial charge is 0.416 e. The van der Waals surface area contributed by atoms with Gasteiger partial charge in [0.1, 0.15) is 0 Å². The fourth-order valence-electron chi connectivity index (χ4n) is 1.98. The molecule has 1 aromatic rings. The molecule has 0 heterocycles. The molecule has 0 fully saturated rings. The average molecular weight is 459 g/mol. The second kappa shape index (κ2) is 11.5. The molecule has 0 aliphatic carbocycles. The van der Waals surface area contributed by atoms with Crippen molar-refractivity contribution in [3.8, 4) is 0 Å². The maximum atomic E-state index is 12.6. The van der Waals surface area contributed by atoms with Crippen molar-refractivity contribution >= 4 is 29.9 Å². The molecule has 4 nitrogen and oxygen atoms in total. The van der Waals surface area contributed by atoms with Crippen LogP contribution < -0.4 is 5.32 Å². The zero-order valence-electron chi connectivity index (χ0n) is 14.2. The highest BCUT2D eigenvalue weighted by Gasteiger charge is 2.29. The van der Waals surface area contributed by atoms with Crippen molar-refractivity contribution < 1.29 is 17.9 Å². The summed E-state index contributed by atoms with van der Waals surface area (Å²) in [5.74, 6) is 0.701. The Bertz CT molecular complexity index is 492. The number of nitrogens with zero attached hydrogens (tertiary/aromatic N) is 2. The van der Waals surface area contributed by atoms with Crippen LogP contribution in [-0.4, -0.2) is 44.2 Å². The van der Waals surface area contributed by atoms with Gasteiger partial charge in [-0.3, -0.25) is 4.99 Å². The first-order chi connectivity index (χ1) is 10.9. The van der Waals surface area contributed by atoms with E-state index in [1.54, 1.807) is 0 Å². The average Bonchev–Trinajstić information content (AvgIpc) is 2.50. The molecule has 1 rings (SSSR count). The molecule has 138 valence electrons. The van der Waals surface area contributed by atoms with Gasteiger partial charge < -0.3 is 15.0 Å². The van der Waals surface area contributed by atoms with E-state index in [2.05, 4.69) is 10.3 Å². The zero-order valence-corrected chi connectivity index (χ0v) is 16.5. The Morgan fingerprint density at radius 2 is 1.83 bits per heavy atom. The van der Waals surface area contributed by atoms with Crippen LogP contribution in [0.25, 0.3) is 0 Å². The fourth-order valence-corrected chi connectivity index (χ4v) is 1.98. The Morgan fingerprint density at radius 1 is 1.21 bits per heavy atom. The monoisotopic (exact) mass is 459 g/mol. The molecular formula is C16H25F3IN3O. The molecule has 0 unspecified atom stereocenters. The Labute approximate surface area is 158 Å². The van der Waals surface area contributed by atoms with Crippen LogP contribution in [0.3, 0.4) is 0 Å². The van der Waals surface area contributed by atoms with Crippen LogP contribution in [0.2, 0.25) is 0 Å². The molecule has 24 heavy (non-hydrogen) atoms. The molecule has 0 aliphatic rings. The van der Waals surface area contributed by atoms with Crippen LogP contribution in [0.1, 0.15) is 25.0 Å². The molecule has 0 atom stereocenters. The summed E-state index contributed by atoms with van der Waals surface area (Å²) in [7, 11) is 1.85. The van der Waals surface area contributed by atoms with Crippen molar-refractivity contribution in [2.24, 2.45) is 4.99 Å². The van der Waals surface area contributed by atoms with Crippen LogP contribution in [0.4, 0.5) is 13.2 Å². The minimum absolute atomic E-state index is 0. The second-order valence-corrected chi connectivity index (χ2v) is 4.98. The van der Waals surface area contributed by atoms with E-state index in [4.69, 9.17) is 4.74 Å². The Balaban J connectivity index is 0.00000529. The molecule has 0 aliphatic heterocycles. The van der Waals surface area contributed by atoms with Crippen molar-refractivity contribution in [2.45, 2.75) is 26.6 Å². The first-order valence-electron chi connectivity index (χ1n) is 7.61. The molecular weight excluding hydrogens is 434 g/mol. The number of halogens is 4. The van der Waals surface area contributed by atoms with Crippen LogP contribution in [0, 0.1) is 0 Å². The fraction of sp³-hybridized carbons (Fsp3) is 0.562. The summed E-state index contributed by atoms with van der Waals surface area (Å²) in [6.45, 7) is 6.79. The topological polar surface area (TPSA) is 36.9 Å². The zero-order chi connectivity index (χ0) is 17.3. The van der Waals surface area contributed by atoms with E-state index >= 15 is 0 Å². The molecule has 0 aromatic heterocycles. The predicted octanol–water partition coefficient (Wildman–Crippen LogP) is 3.76. The molecule has 0 amide bonds. The molecule has 0 spiro atoms. The lowest BCUT2D eigenvalue weighted by atomic mass is 10.1. The highest BCUT2D eigenvalue weighted by Crippen LogP contribution is 2.29. The number of rotatable bonds is 7. The summed E-state index contributed by atoms with van der Waals surface area (Å²) in [4.78, 5) is 6.30. The van der Waals surface area contributed by atoms with Gasteiger partial charge in [-0.25, -0.2) is 0 Å². The Hall–Kier alpha value is -1.03. The summed E-state index contributed by atoms with van der Waals surface area (Å²) < 4.78 is 42.9. The molecule has 0 radical (unpaired) electrons. The predicted molar refractivity (Wildman–Crippen MR) is 101 cm³/mol. The lowest BCUT2D eigenvalue weighted by molar-refractivity contribution is -0.137. The SMILES string of the molecule is CCNC(=NCCOCC)N(C)Cc1ccc(C(F)(F)F)cc1.I. The van der Waals surface area contributed by atoms with Gasteiger partial charge in [0.05, 0.1) is 18.7 Å². The van der Waals surface area contributed by atoms with Gasteiger partial charge in [0.15, 0.2) is 5.96 Å². The van der Waals surface area contributed by atoms with Gasteiger partial charge >= 0.3 is 6.18 Å². The number of aliphatic imine (C=N–C) groups is 1. The quantitative estimate of drug-likeness (QED) is 0.292. The number of guanidine groups is 1. The number of alkyl halides is 3. The van der Waals surface area contributed by atoms with Gasteiger partial charge in [-0.2, -0.15) is 13.2 Å². The van der Waals surface area contributed by atoms with Crippen molar-refractivity contribution in [1.29, 1.82) is 0 Å². The Kier molecular flexibility index (Phi) is 11.0. The van der Waals surface area contributed by atoms with Gasteiger partial charge in [0.25, 0.3) is 0 Å². The van der Waals surface area contributed by atoms with E-state index in [0.29, 0.717) is 38.8 Å². The first-order valence-corrected chi connectivity index (χ1v) is 7.61. The van der Waals surface area contributed by atoms with Crippen molar-refractivity contribution in [3.63, 3.8) is 0 Å². The molecule has 0 saturated heterocycles. The molecule has 0 saturated carbocycles. The number of nitrogens with one attached hydrogen (secondary N) is 1. The Morgan fingerprint density at radius 3 is 2.33 bits per heavy atom. The summed E-state index contributed by atoms with van der Waals surface area (Å²) in [6.07, 6.45) is -4.31. The van der Waals surface area contributed by atoms with Crippen LogP contribution >= 0.6 is 24.0 Å². The third-order valence-corrected chi connectivity index (χ3v) is 3.10. The van der Waals surface area contributed by atoms with Gasteiger partial charge in [-0.15, -0.1) is 24.0 Å². The third-order valence-electron chi connectivity index (χ3n) is 3.10. The third kappa shape index (κ3) is 8.18. The summed E-state index contributed by atoms with van der Waals surface area (Å²) in [5.41, 5.74) is 0.150. The molecule has 8 heteroatoms. The van der Waals surface area contributed by atoms with E-state index in [1.165, 1.54) is 12.1 Å². The van der Waals surface area contributed by atoms with Crippen LogP contribution in [-0.2, 0) is 17.5 Å². The summed E-state index contributed by atoms with van der Waals surface area (Å²) >= 11 is 0. The highest BCUT2D eigenvalue weighted by molar-refractivity contribution is 14.0. The van der Waals surface area contributed by atoms with E-state index in [9.17, 15) is 13.2 Å². The van der Waals surface area contributed by atoms with Gasteiger partial charge in [-0.1, -0.05) is 12.1 Å². The van der Waals surface area contributed by atoms with E-state index in [0.717, 1.165) is 17.7 Å². The second-order valence-electron chi connectivity index (χ2n) is 4.98. The first kappa shape index (κ1) is 23.0. The smallest absolute Gasteiger partial charge is 0.380 e. The maximum Gasteiger partial charge on any atom is 0.416 e. The lowest BCUT2D eigenvalue weighted by Crippen LogP contribution is -2.38. The van der Waals surface area contributed by atoms with Crippen LogP contribution in [0.5, 0.6) is 0 Å². The van der Waals surface area contributed by atoms with E-state index in [-0.39, 0.29) is 24.0 Å². The van der Waals surface area contributed by atoms with Gasteiger partial charge in [0, 0.05) is 26.7 Å². The molecule has 0 bridgehead atoms. The maximum absolute atomic E-state index is 12.6. The van der Waals surface area contributed by atoms with Crippen LogP contribution in [0.15, 0.2) is 29.3 Å². The normalized spacial score (nSPS) is 11.8. The number of benzene rings is 1. The number of hydrogen-bond acceptors (Lipinski definition) is 2. The standard InChI is InChI=1S/C16H24F3N3O.HI/c1-4-20-15(21-10-11-23-5-2)22(3)12-13-6-8-14(9-7-13)16(17,18)19;/h6-9H,4-5,10-12H2,1-3H3,(H,20,21);1H. The molecule has 1 N–H and O–H groups in total. The lowest BCUT2D eigenvalue weighted by Gasteiger charge is -2.22. The van der Waals surface area contributed by atoms with Crippen molar-refractivity contribution in [2.75, 3.05) is 33.4 Å². The molecule has 1 aromatic carbocycles. The van der Waals surface area contributed by atoms with E-state index in [1.807, 2.05) is 25.8 Å². The summed E-state index contributed by atoms with van der Waals surface area (Å²) in [6, 6.07) is 5.18. The number of ether oxygens (including phenoxy) is 1. The van der Waals surface area contributed by atoms with Gasteiger partial charge in [-0.05, 0) is 31.5 Å². The van der Waals surface area contributed by atoms with Gasteiger partial charge in [0.2, 0.25) is 0 Å². The van der Waals surface area contributed by atoms with Crippen molar-refractivity contribution in [3.05, 3.63) is 35.4 Å². The summed E-state index contributed by atoms with van der Waals surface area (Å²) in [5, 5.41) is 3.16. The minimum atomic E-state index is -4.31. The minimum Gasteiger partial charge on any atom is -0.380 e. The van der Waals surface area contributed by atoms with Crippen molar-refractivity contribution in [1.82, 2.24) is 10.2 Å². The highest BCUT2D eigenvalue weighted by atomic mass is 127. The number of hydrogen-bond donors (Lipinski definition) is 1.